The van der Waals surface area contributed by atoms with Gasteiger partial charge in [-0.25, -0.2) is 4.39 Å². The summed E-state index contributed by atoms with van der Waals surface area (Å²) in [5.41, 5.74) is 2.77. The van der Waals surface area contributed by atoms with Crippen LogP contribution < -0.4 is 14.2 Å². The largest absolute Gasteiger partial charge is 0.496 e. The molecule has 3 unspecified atom stereocenters. The molecule has 0 bridgehead atoms. The molecule has 4 atom stereocenters. The molecule has 1 fully saturated rings. The van der Waals surface area contributed by atoms with E-state index in [1.165, 1.54) is 26.4 Å². The van der Waals surface area contributed by atoms with Gasteiger partial charge in [-0.05, 0) is 58.7 Å². The van der Waals surface area contributed by atoms with E-state index < -0.39 is 35.6 Å². The van der Waals surface area contributed by atoms with Gasteiger partial charge in [0.25, 0.3) is 0 Å². The average Bonchev–Trinajstić information content (AvgIpc) is 2.93. The number of hydrogen-bond donors (Lipinski definition) is 1. The number of benzene rings is 4. The molecule has 7 heteroatoms. The Bertz CT molecular complexity index is 1440. The van der Waals surface area contributed by atoms with Crippen LogP contribution in [0, 0.1) is 17.7 Å². The molecule has 4 aromatic rings. The summed E-state index contributed by atoms with van der Waals surface area (Å²) in [4.78, 5) is 26.5. The van der Waals surface area contributed by atoms with E-state index in [9.17, 15) is 19.1 Å². The van der Waals surface area contributed by atoms with Crippen LogP contribution in [0.1, 0.15) is 23.0 Å². The molecule has 5 rings (SSSR count). The predicted molar refractivity (Wildman–Crippen MR) is 144 cm³/mol. The van der Waals surface area contributed by atoms with Crippen molar-refractivity contribution in [1.82, 2.24) is 0 Å². The minimum Gasteiger partial charge on any atom is -0.496 e. The van der Waals surface area contributed by atoms with Crippen LogP contribution in [-0.2, 0) is 9.59 Å². The lowest BCUT2D eigenvalue weighted by molar-refractivity contribution is -0.158. The normalized spacial score (nSPS) is 20.0. The van der Waals surface area contributed by atoms with Crippen molar-refractivity contribution in [3.63, 3.8) is 0 Å². The van der Waals surface area contributed by atoms with Gasteiger partial charge in [0.05, 0.1) is 26.1 Å². The van der Waals surface area contributed by atoms with Crippen LogP contribution >= 0.6 is 0 Å². The molecule has 0 aromatic heterocycles. The summed E-state index contributed by atoms with van der Waals surface area (Å²) in [7, 11) is 3.03. The zero-order valence-corrected chi connectivity index (χ0v) is 21.4. The number of esters is 1. The van der Waals surface area contributed by atoms with Gasteiger partial charge < -0.3 is 19.3 Å². The van der Waals surface area contributed by atoms with Crippen molar-refractivity contribution in [3.8, 4) is 28.4 Å². The fraction of sp³-hybridized carbons (Fsp3) is 0.188. The maximum atomic E-state index is 13.9. The zero-order valence-electron chi connectivity index (χ0n) is 21.4. The van der Waals surface area contributed by atoms with Crippen molar-refractivity contribution in [3.05, 3.63) is 114 Å². The highest BCUT2D eigenvalue weighted by Crippen LogP contribution is 2.60. The minimum absolute atomic E-state index is 0.304. The van der Waals surface area contributed by atoms with Crippen molar-refractivity contribution in [1.29, 1.82) is 0 Å². The van der Waals surface area contributed by atoms with Gasteiger partial charge in [0.2, 0.25) is 0 Å². The molecule has 1 aliphatic carbocycles. The number of carbonyl (C=O) groups is 2. The Morgan fingerprint density at radius 3 is 1.79 bits per heavy atom. The molecule has 6 nitrogen and oxygen atoms in total. The standard InChI is InChI=1S/C32H27FO6/c1-37-25-12-5-3-10-23(25)27-29(31(34)35)28(24-11-4-6-13-26(24)38-2)30(27)32(36)39-22-9-7-8-20(18-22)19-14-16-21(33)17-15-19/h3-18,27-30H,1-2H3,(H,34,35)/t27-,28?,29?,30?/m0/s1. The summed E-state index contributed by atoms with van der Waals surface area (Å²) in [6.07, 6.45) is 0. The van der Waals surface area contributed by atoms with E-state index in [0.29, 0.717) is 28.4 Å². The molecular formula is C32H27FO6. The number of carbonyl (C=O) groups excluding carboxylic acids is 1. The second-order valence-corrected chi connectivity index (χ2v) is 9.38. The lowest BCUT2D eigenvalue weighted by Gasteiger charge is -2.49. The van der Waals surface area contributed by atoms with Gasteiger partial charge in [0, 0.05) is 11.8 Å². The van der Waals surface area contributed by atoms with Crippen LogP contribution in [0.3, 0.4) is 0 Å². The first-order valence-corrected chi connectivity index (χ1v) is 12.5. The van der Waals surface area contributed by atoms with E-state index in [-0.39, 0.29) is 5.82 Å². The number of para-hydroxylation sites is 2. The molecule has 1 saturated carbocycles. The van der Waals surface area contributed by atoms with E-state index in [1.807, 2.05) is 6.07 Å². The highest BCUT2D eigenvalue weighted by molar-refractivity contribution is 5.86. The second-order valence-electron chi connectivity index (χ2n) is 9.38. The Hall–Kier alpha value is -4.65. The topological polar surface area (TPSA) is 82.1 Å². The van der Waals surface area contributed by atoms with Gasteiger partial charge in [0.1, 0.15) is 23.1 Å². The molecule has 0 radical (unpaired) electrons. The van der Waals surface area contributed by atoms with Gasteiger partial charge in [-0.2, -0.15) is 0 Å². The van der Waals surface area contributed by atoms with Crippen LogP contribution in [0.4, 0.5) is 4.39 Å². The average molecular weight is 527 g/mol. The van der Waals surface area contributed by atoms with Gasteiger partial charge in [0.15, 0.2) is 0 Å². The maximum Gasteiger partial charge on any atom is 0.315 e. The van der Waals surface area contributed by atoms with Crippen LogP contribution in [0.15, 0.2) is 97.1 Å². The summed E-state index contributed by atoms with van der Waals surface area (Å²) in [6, 6.07) is 27.2. The summed E-state index contributed by atoms with van der Waals surface area (Å²) in [6.45, 7) is 0. The second kappa shape index (κ2) is 11.0. The van der Waals surface area contributed by atoms with Gasteiger partial charge in [-0.1, -0.05) is 60.7 Å². The summed E-state index contributed by atoms with van der Waals surface area (Å²) < 4.78 is 30.4. The third-order valence-corrected chi connectivity index (χ3v) is 7.33. The van der Waals surface area contributed by atoms with E-state index in [2.05, 4.69) is 0 Å². The smallest absolute Gasteiger partial charge is 0.315 e. The number of carboxylic acids is 1. The Labute approximate surface area is 225 Å². The van der Waals surface area contributed by atoms with E-state index in [0.717, 1.165) is 11.1 Å². The number of carboxylic acid groups (broad SMARTS) is 1. The third-order valence-electron chi connectivity index (χ3n) is 7.33. The van der Waals surface area contributed by atoms with Gasteiger partial charge >= 0.3 is 11.9 Å². The van der Waals surface area contributed by atoms with Crippen molar-refractivity contribution < 1.29 is 33.3 Å². The number of methoxy groups -OCH3 is 2. The van der Waals surface area contributed by atoms with Crippen LogP contribution in [0.25, 0.3) is 11.1 Å². The van der Waals surface area contributed by atoms with Crippen LogP contribution in [0.2, 0.25) is 0 Å². The highest BCUT2D eigenvalue weighted by Gasteiger charge is 2.60. The Kier molecular flexibility index (Phi) is 7.32. The summed E-state index contributed by atoms with van der Waals surface area (Å²) in [5.74, 6) is -3.75. The Morgan fingerprint density at radius 2 is 1.26 bits per heavy atom. The SMILES string of the molecule is COc1ccccc1C1C(C(=O)O)[C@H](c2ccccc2OC)C1C(=O)Oc1cccc(-c2ccc(F)cc2)c1. The highest BCUT2D eigenvalue weighted by atomic mass is 19.1. The van der Waals surface area contributed by atoms with Crippen LogP contribution in [-0.4, -0.2) is 31.3 Å². The molecular weight excluding hydrogens is 499 g/mol. The summed E-state index contributed by atoms with van der Waals surface area (Å²) >= 11 is 0. The lowest BCUT2D eigenvalue weighted by Crippen LogP contribution is -2.52. The van der Waals surface area contributed by atoms with Crippen molar-refractivity contribution >= 4 is 11.9 Å². The predicted octanol–water partition coefficient (Wildman–Crippen LogP) is 6.31. The van der Waals surface area contributed by atoms with E-state index in [1.54, 1.807) is 78.9 Å². The number of aliphatic carboxylic acids is 1. The first-order valence-electron chi connectivity index (χ1n) is 12.5. The van der Waals surface area contributed by atoms with Gasteiger partial charge in [-0.3, -0.25) is 9.59 Å². The lowest BCUT2D eigenvalue weighted by atomic mass is 9.52. The minimum atomic E-state index is -1.02. The Morgan fingerprint density at radius 1 is 0.692 bits per heavy atom. The molecule has 0 spiro atoms. The number of rotatable bonds is 8. The Balaban J connectivity index is 1.55. The monoisotopic (exact) mass is 526 g/mol. The first-order chi connectivity index (χ1) is 18.9. The molecule has 1 aliphatic rings. The number of hydrogen-bond acceptors (Lipinski definition) is 5. The number of halogens is 1. The fourth-order valence-electron chi connectivity index (χ4n) is 5.57. The fourth-order valence-corrected chi connectivity index (χ4v) is 5.57. The molecule has 0 aliphatic heterocycles. The third kappa shape index (κ3) is 4.95. The molecule has 198 valence electrons. The molecule has 39 heavy (non-hydrogen) atoms. The molecule has 1 N–H and O–H groups in total. The van der Waals surface area contributed by atoms with E-state index in [4.69, 9.17) is 14.2 Å². The molecule has 0 heterocycles. The zero-order chi connectivity index (χ0) is 27.5. The summed E-state index contributed by atoms with van der Waals surface area (Å²) in [5, 5.41) is 10.3. The number of ether oxygens (including phenoxy) is 3. The van der Waals surface area contributed by atoms with E-state index >= 15 is 0 Å². The molecule has 0 amide bonds. The van der Waals surface area contributed by atoms with Gasteiger partial charge in [-0.15, -0.1) is 0 Å². The quantitative estimate of drug-likeness (QED) is 0.214. The van der Waals surface area contributed by atoms with Crippen molar-refractivity contribution in [2.24, 2.45) is 11.8 Å². The van der Waals surface area contributed by atoms with Crippen LogP contribution in [0.5, 0.6) is 17.2 Å². The molecule has 4 aromatic carbocycles. The maximum absolute atomic E-state index is 13.9. The molecule has 0 saturated heterocycles. The first kappa shape index (κ1) is 26.0. The van der Waals surface area contributed by atoms with Crippen molar-refractivity contribution in [2.75, 3.05) is 14.2 Å². The van der Waals surface area contributed by atoms with Crippen molar-refractivity contribution in [2.45, 2.75) is 11.8 Å².